The van der Waals surface area contributed by atoms with Crippen molar-refractivity contribution in [2.75, 3.05) is 5.75 Å². The van der Waals surface area contributed by atoms with Crippen molar-refractivity contribution in [3.05, 3.63) is 35.9 Å². The summed E-state index contributed by atoms with van der Waals surface area (Å²) >= 11 is 10.5. The maximum Gasteiger partial charge on any atom is 0.101 e. The summed E-state index contributed by atoms with van der Waals surface area (Å²) in [6, 6.07) is 10.4. The zero-order valence-corrected chi connectivity index (χ0v) is 9.09. The van der Waals surface area contributed by atoms with Gasteiger partial charge in [0.25, 0.3) is 0 Å². The van der Waals surface area contributed by atoms with Crippen LogP contribution in [0.5, 0.6) is 0 Å². The lowest BCUT2D eigenvalue weighted by atomic mass is 10.2. The minimum Gasteiger partial charge on any atom is -0.125 e. The standard InChI is InChI=1S/C9H10S3/c10-9(11)12-7-6-8-4-2-1-3-5-8/h1-5H,6-7H2,(H,10,11). The normalized spacial score (nSPS) is 9.75. The molecule has 0 atom stereocenters. The maximum absolute atomic E-state index is 4.84. The van der Waals surface area contributed by atoms with Gasteiger partial charge in [-0.3, -0.25) is 0 Å². The molecule has 12 heavy (non-hydrogen) atoms. The Morgan fingerprint density at radius 1 is 1.33 bits per heavy atom. The predicted molar refractivity (Wildman–Crippen MR) is 64.2 cm³/mol. The van der Waals surface area contributed by atoms with Crippen LogP contribution in [0.1, 0.15) is 5.56 Å². The number of thioether (sulfide) groups is 1. The molecule has 0 bridgehead atoms. The van der Waals surface area contributed by atoms with Gasteiger partial charge in [0.15, 0.2) is 0 Å². The summed E-state index contributed by atoms with van der Waals surface area (Å²) in [5, 5.41) is 0. The third-order valence-electron chi connectivity index (χ3n) is 1.46. The Balaban J connectivity index is 2.29. The number of thiol groups is 1. The zero-order valence-electron chi connectivity index (χ0n) is 6.56. The van der Waals surface area contributed by atoms with Crippen molar-refractivity contribution < 1.29 is 0 Å². The third kappa shape index (κ3) is 4.14. The molecule has 0 unspecified atom stereocenters. The van der Waals surface area contributed by atoms with Gasteiger partial charge in [-0.1, -0.05) is 42.5 Å². The molecule has 64 valence electrons. The van der Waals surface area contributed by atoms with Crippen molar-refractivity contribution in [2.45, 2.75) is 6.42 Å². The summed E-state index contributed by atoms with van der Waals surface area (Å²) in [5.41, 5.74) is 1.36. The van der Waals surface area contributed by atoms with E-state index < -0.39 is 0 Å². The van der Waals surface area contributed by atoms with Gasteiger partial charge in [0.05, 0.1) is 0 Å². The lowest BCUT2D eigenvalue weighted by Gasteiger charge is -1.98. The highest BCUT2D eigenvalue weighted by Crippen LogP contribution is 2.10. The van der Waals surface area contributed by atoms with Crippen LogP contribution in [-0.2, 0) is 6.42 Å². The first-order valence-corrected chi connectivity index (χ1v) is 5.53. The summed E-state index contributed by atoms with van der Waals surface area (Å²) in [6.07, 6.45) is 1.06. The van der Waals surface area contributed by atoms with Gasteiger partial charge in [0, 0.05) is 5.75 Å². The van der Waals surface area contributed by atoms with Crippen molar-refractivity contribution in [3.8, 4) is 0 Å². The Morgan fingerprint density at radius 3 is 2.58 bits per heavy atom. The second kappa shape index (κ2) is 5.62. The summed E-state index contributed by atoms with van der Waals surface area (Å²) in [5.74, 6) is 1.02. The van der Waals surface area contributed by atoms with Crippen LogP contribution in [0.3, 0.4) is 0 Å². The lowest BCUT2D eigenvalue weighted by molar-refractivity contribution is 1.16. The highest BCUT2D eigenvalue weighted by Gasteiger charge is 1.93. The highest BCUT2D eigenvalue weighted by molar-refractivity contribution is 8.41. The molecular formula is C9H10S3. The third-order valence-corrected chi connectivity index (χ3v) is 2.86. The fraction of sp³-hybridized carbons (Fsp3) is 0.222. The van der Waals surface area contributed by atoms with E-state index in [9.17, 15) is 0 Å². The maximum atomic E-state index is 4.84. The van der Waals surface area contributed by atoms with Gasteiger partial charge in [-0.25, -0.2) is 0 Å². The molecule has 0 aromatic heterocycles. The van der Waals surface area contributed by atoms with Gasteiger partial charge >= 0.3 is 0 Å². The molecule has 1 rings (SSSR count). The van der Waals surface area contributed by atoms with E-state index in [0.717, 1.165) is 15.7 Å². The molecule has 0 radical (unpaired) electrons. The molecule has 1 aromatic carbocycles. The second-order valence-electron chi connectivity index (χ2n) is 2.35. The van der Waals surface area contributed by atoms with Gasteiger partial charge in [0.1, 0.15) is 3.53 Å². The summed E-state index contributed by atoms with van der Waals surface area (Å²) in [7, 11) is 0. The van der Waals surface area contributed by atoms with Crippen LogP contribution < -0.4 is 0 Å². The van der Waals surface area contributed by atoms with Crippen LogP contribution in [0.4, 0.5) is 0 Å². The topological polar surface area (TPSA) is 0 Å². The first-order valence-electron chi connectivity index (χ1n) is 3.68. The van der Waals surface area contributed by atoms with Crippen LogP contribution >= 0.6 is 36.6 Å². The Bertz CT molecular complexity index is 243. The smallest absolute Gasteiger partial charge is 0.101 e. The van der Waals surface area contributed by atoms with Crippen LogP contribution in [0.25, 0.3) is 0 Å². The molecule has 0 spiro atoms. The number of benzene rings is 1. The van der Waals surface area contributed by atoms with Gasteiger partial charge in [-0.15, -0.1) is 24.4 Å². The van der Waals surface area contributed by atoms with E-state index in [2.05, 4.69) is 36.9 Å². The monoisotopic (exact) mass is 214 g/mol. The molecule has 0 N–H and O–H groups in total. The van der Waals surface area contributed by atoms with E-state index in [4.69, 9.17) is 12.2 Å². The van der Waals surface area contributed by atoms with Crippen molar-refractivity contribution >= 4 is 40.1 Å². The molecule has 0 aliphatic rings. The molecule has 0 fully saturated rings. The van der Waals surface area contributed by atoms with E-state index >= 15 is 0 Å². The van der Waals surface area contributed by atoms with Crippen LogP contribution in [0.2, 0.25) is 0 Å². The largest absolute Gasteiger partial charge is 0.125 e. The van der Waals surface area contributed by atoms with E-state index in [0.29, 0.717) is 0 Å². The fourth-order valence-corrected chi connectivity index (χ4v) is 1.94. The van der Waals surface area contributed by atoms with Crippen LogP contribution in [0, 0.1) is 0 Å². The Labute approximate surface area is 88.2 Å². The van der Waals surface area contributed by atoms with Crippen molar-refractivity contribution in [1.82, 2.24) is 0 Å². The van der Waals surface area contributed by atoms with E-state index in [1.54, 1.807) is 11.8 Å². The van der Waals surface area contributed by atoms with Gasteiger partial charge < -0.3 is 0 Å². The number of aryl methyl sites for hydroxylation is 1. The first-order chi connectivity index (χ1) is 5.79. The Morgan fingerprint density at radius 2 is 2.00 bits per heavy atom. The zero-order chi connectivity index (χ0) is 8.81. The van der Waals surface area contributed by atoms with Crippen molar-refractivity contribution in [3.63, 3.8) is 0 Å². The minimum atomic E-state index is 0.728. The molecule has 0 nitrogen and oxygen atoms in total. The fourth-order valence-electron chi connectivity index (χ4n) is 0.901. The summed E-state index contributed by atoms with van der Waals surface area (Å²) in [6.45, 7) is 0. The minimum absolute atomic E-state index is 0.728. The van der Waals surface area contributed by atoms with E-state index in [1.165, 1.54) is 5.56 Å². The Kier molecular flexibility index (Phi) is 4.73. The van der Waals surface area contributed by atoms with Gasteiger partial charge in [-0.2, -0.15) is 0 Å². The SMILES string of the molecule is S=C(S)SCCc1ccccc1. The lowest BCUT2D eigenvalue weighted by Crippen LogP contribution is -1.88. The van der Waals surface area contributed by atoms with E-state index in [-0.39, 0.29) is 0 Å². The quantitative estimate of drug-likeness (QED) is 0.606. The number of rotatable bonds is 3. The molecule has 3 heteroatoms. The van der Waals surface area contributed by atoms with Gasteiger partial charge in [0.2, 0.25) is 0 Å². The summed E-state index contributed by atoms with van der Waals surface area (Å²) < 4.78 is 0.728. The summed E-state index contributed by atoms with van der Waals surface area (Å²) in [4.78, 5) is 0. The van der Waals surface area contributed by atoms with E-state index in [1.807, 2.05) is 6.07 Å². The number of hydrogen-bond acceptors (Lipinski definition) is 2. The highest BCUT2D eigenvalue weighted by atomic mass is 32.2. The van der Waals surface area contributed by atoms with Crippen LogP contribution in [-0.4, -0.2) is 9.28 Å². The molecular weight excluding hydrogens is 204 g/mol. The molecule has 0 amide bonds. The van der Waals surface area contributed by atoms with Crippen molar-refractivity contribution in [2.24, 2.45) is 0 Å². The van der Waals surface area contributed by atoms with Crippen LogP contribution in [0.15, 0.2) is 30.3 Å². The number of thiocarbonyl (C=S) groups is 1. The molecule has 1 aromatic rings. The number of hydrogen-bond donors (Lipinski definition) is 1. The molecule has 0 aliphatic heterocycles. The Hall–Kier alpha value is 0.01000. The van der Waals surface area contributed by atoms with Gasteiger partial charge in [-0.05, 0) is 12.0 Å². The first kappa shape index (κ1) is 10.1. The molecule has 0 heterocycles. The van der Waals surface area contributed by atoms with Crippen molar-refractivity contribution in [1.29, 1.82) is 0 Å². The molecule has 0 saturated heterocycles. The predicted octanol–water partition coefficient (Wildman–Crippen LogP) is 3.18. The average molecular weight is 214 g/mol. The molecule has 0 saturated carbocycles. The second-order valence-corrected chi connectivity index (χ2v) is 5.17. The molecule has 0 aliphatic carbocycles. The average Bonchev–Trinajstić information content (AvgIpc) is 2.05.